The van der Waals surface area contributed by atoms with E-state index in [1.165, 1.54) is 13.3 Å². The molecule has 0 aromatic carbocycles. The average Bonchev–Trinajstić information content (AvgIpc) is 2.63. The molecule has 1 aromatic rings. The lowest BCUT2D eigenvalue weighted by Crippen LogP contribution is -2.35. The monoisotopic (exact) mass is 225 g/mol. The van der Waals surface area contributed by atoms with E-state index in [2.05, 4.69) is 15.8 Å². The molecule has 0 aliphatic heterocycles. The molecule has 2 amide bonds. The van der Waals surface area contributed by atoms with Crippen molar-refractivity contribution in [2.24, 2.45) is 5.10 Å². The molecule has 0 aliphatic carbocycles. The largest absolute Gasteiger partial charge is 0.351 e. The molecule has 0 spiro atoms. The SMILES string of the molecule is CNC(=O)C(=O)N/N=C\c1ccc(C)s1. The predicted octanol–water partition coefficient (Wildman–Crippen LogP) is 0.253. The molecule has 0 fully saturated rings. The number of hydrogen-bond acceptors (Lipinski definition) is 4. The van der Waals surface area contributed by atoms with E-state index in [4.69, 9.17) is 0 Å². The molecule has 15 heavy (non-hydrogen) atoms. The second-order valence-corrected chi connectivity index (χ2v) is 4.05. The lowest BCUT2D eigenvalue weighted by Gasteiger charge is -1.95. The Bertz CT molecular complexity index is 398. The quantitative estimate of drug-likeness (QED) is 0.430. The van der Waals surface area contributed by atoms with Gasteiger partial charge in [-0.3, -0.25) is 9.59 Å². The number of carbonyl (C=O) groups is 2. The lowest BCUT2D eigenvalue weighted by molar-refractivity contribution is -0.138. The Morgan fingerprint density at radius 1 is 1.40 bits per heavy atom. The smallest absolute Gasteiger partial charge is 0.329 e. The van der Waals surface area contributed by atoms with Crippen molar-refractivity contribution in [3.63, 3.8) is 0 Å². The first kappa shape index (κ1) is 11.4. The van der Waals surface area contributed by atoms with Crippen LogP contribution in [0.5, 0.6) is 0 Å². The summed E-state index contributed by atoms with van der Waals surface area (Å²) in [6.07, 6.45) is 1.50. The van der Waals surface area contributed by atoms with E-state index in [-0.39, 0.29) is 0 Å². The van der Waals surface area contributed by atoms with Gasteiger partial charge in [-0.2, -0.15) is 5.10 Å². The maximum absolute atomic E-state index is 10.9. The first-order chi connectivity index (χ1) is 7.13. The van der Waals surface area contributed by atoms with Crippen LogP contribution in [0.3, 0.4) is 0 Å². The molecule has 1 rings (SSSR count). The summed E-state index contributed by atoms with van der Waals surface area (Å²) in [5.74, 6) is -1.49. The first-order valence-corrected chi connectivity index (χ1v) is 5.06. The average molecular weight is 225 g/mol. The Labute approximate surface area is 91.2 Å². The van der Waals surface area contributed by atoms with E-state index < -0.39 is 11.8 Å². The molecule has 80 valence electrons. The van der Waals surface area contributed by atoms with E-state index in [0.29, 0.717) is 0 Å². The standard InChI is InChI=1S/C9H11N3O2S/c1-6-3-4-7(15-6)5-11-12-9(14)8(13)10-2/h3-5H,1-2H3,(H,10,13)(H,12,14)/b11-5-. The molecule has 0 radical (unpaired) electrons. The third kappa shape index (κ3) is 3.51. The van der Waals surface area contributed by atoms with Gasteiger partial charge in [-0.05, 0) is 19.1 Å². The highest BCUT2D eigenvalue weighted by atomic mass is 32.1. The van der Waals surface area contributed by atoms with Gasteiger partial charge in [0.15, 0.2) is 0 Å². The minimum absolute atomic E-state index is 0.713. The maximum atomic E-state index is 10.9. The number of nitrogens with one attached hydrogen (secondary N) is 2. The van der Waals surface area contributed by atoms with Crippen molar-refractivity contribution >= 4 is 29.4 Å². The van der Waals surface area contributed by atoms with E-state index in [1.807, 2.05) is 19.1 Å². The Morgan fingerprint density at radius 2 is 2.13 bits per heavy atom. The van der Waals surface area contributed by atoms with Crippen LogP contribution in [0.1, 0.15) is 9.75 Å². The Morgan fingerprint density at radius 3 is 2.67 bits per heavy atom. The van der Waals surface area contributed by atoms with Crippen molar-refractivity contribution in [2.45, 2.75) is 6.92 Å². The van der Waals surface area contributed by atoms with Crippen LogP contribution in [0, 0.1) is 6.92 Å². The number of aryl methyl sites for hydroxylation is 1. The number of rotatable bonds is 2. The van der Waals surface area contributed by atoms with Crippen LogP contribution in [-0.4, -0.2) is 25.1 Å². The predicted molar refractivity (Wildman–Crippen MR) is 58.9 cm³/mol. The molecule has 0 bridgehead atoms. The van der Waals surface area contributed by atoms with Gasteiger partial charge in [0.1, 0.15) is 0 Å². The van der Waals surface area contributed by atoms with Crippen LogP contribution in [-0.2, 0) is 9.59 Å². The minimum atomic E-state index is -0.776. The van der Waals surface area contributed by atoms with Gasteiger partial charge in [-0.25, -0.2) is 5.43 Å². The molecule has 0 saturated carbocycles. The van der Waals surface area contributed by atoms with E-state index in [9.17, 15) is 9.59 Å². The molecule has 1 heterocycles. The number of nitrogens with zero attached hydrogens (tertiary/aromatic N) is 1. The van der Waals surface area contributed by atoms with Crippen molar-refractivity contribution < 1.29 is 9.59 Å². The fourth-order valence-corrected chi connectivity index (χ4v) is 1.59. The highest BCUT2D eigenvalue weighted by molar-refractivity contribution is 7.13. The number of hydrazone groups is 1. The Balaban J connectivity index is 2.47. The third-order valence-electron chi connectivity index (χ3n) is 1.55. The van der Waals surface area contributed by atoms with Gasteiger partial charge in [-0.1, -0.05) is 0 Å². The van der Waals surface area contributed by atoms with Crippen molar-refractivity contribution in [3.05, 3.63) is 21.9 Å². The van der Waals surface area contributed by atoms with Gasteiger partial charge in [0.25, 0.3) is 0 Å². The van der Waals surface area contributed by atoms with Crippen LogP contribution in [0.4, 0.5) is 0 Å². The lowest BCUT2D eigenvalue weighted by atomic mass is 10.4. The van der Waals surface area contributed by atoms with Crippen LogP contribution in [0.2, 0.25) is 0 Å². The second-order valence-electron chi connectivity index (χ2n) is 2.73. The van der Waals surface area contributed by atoms with Crippen LogP contribution in [0.25, 0.3) is 0 Å². The van der Waals surface area contributed by atoms with Crippen molar-refractivity contribution in [1.29, 1.82) is 0 Å². The van der Waals surface area contributed by atoms with E-state index >= 15 is 0 Å². The summed E-state index contributed by atoms with van der Waals surface area (Å²) in [4.78, 5) is 23.8. The molecule has 0 aliphatic rings. The van der Waals surface area contributed by atoms with Gasteiger partial charge in [0.2, 0.25) is 0 Å². The number of likely N-dealkylation sites (N-methyl/N-ethyl adjacent to an activating group) is 1. The highest BCUT2D eigenvalue weighted by Crippen LogP contribution is 2.11. The summed E-state index contributed by atoms with van der Waals surface area (Å²) in [7, 11) is 1.38. The molecular formula is C9H11N3O2S. The zero-order valence-electron chi connectivity index (χ0n) is 8.40. The van der Waals surface area contributed by atoms with Gasteiger partial charge < -0.3 is 5.32 Å². The molecule has 0 unspecified atom stereocenters. The number of hydrogen-bond donors (Lipinski definition) is 2. The van der Waals surface area contributed by atoms with Crippen LogP contribution >= 0.6 is 11.3 Å². The summed E-state index contributed by atoms with van der Waals surface area (Å²) >= 11 is 1.55. The maximum Gasteiger partial charge on any atom is 0.329 e. The van der Waals surface area contributed by atoms with Crippen molar-refractivity contribution in [3.8, 4) is 0 Å². The van der Waals surface area contributed by atoms with Crippen LogP contribution < -0.4 is 10.7 Å². The van der Waals surface area contributed by atoms with Gasteiger partial charge in [0.05, 0.1) is 6.21 Å². The fourth-order valence-electron chi connectivity index (χ4n) is 0.842. The number of thiophene rings is 1. The molecular weight excluding hydrogens is 214 g/mol. The molecule has 0 saturated heterocycles. The Hall–Kier alpha value is -1.69. The fraction of sp³-hybridized carbons (Fsp3) is 0.222. The summed E-state index contributed by atoms with van der Waals surface area (Å²) in [6.45, 7) is 1.98. The molecule has 6 heteroatoms. The van der Waals surface area contributed by atoms with E-state index in [1.54, 1.807) is 11.3 Å². The van der Waals surface area contributed by atoms with Crippen LogP contribution in [0.15, 0.2) is 17.2 Å². The molecule has 2 N–H and O–H groups in total. The Kier molecular flexibility index (Phi) is 3.99. The second kappa shape index (κ2) is 5.26. The van der Waals surface area contributed by atoms with Crippen molar-refractivity contribution in [1.82, 2.24) is 10.7 Å². The summed E-state index contributed by atoms with van der Waals surface area (Å²) in [5, 5.41) is 5.84. The molecule has 1 aromatic heterocycles. The van der Waals surface area contributed by atoms with Gasteiger partial charge in [-0.15, -0.1) is 11.3 Å². The minimum Gasteiger partial charge on any atom is -0.351 e. The summed E-state index contributed by atoms with van der Waals surface area (Å²) in [5.41, 5.74) is 2.12. The van der Waals surface area contributed by atoms with Crippen molar-refractivity contribution in [2.75, 3.05) is 7.05 Å². The molecule has 5 nitrogen and oxygen atoms in total. The number of amides is 2. The zero-order chi connectivity index (χ0) is 11.3. The summed E-state index contributed by atoms with van der Waals surface area (Å²) in [6, 6.07) is 3.84. The van der Waals surface area contributed by atoms with Gasteiger partial charge >= 0.3 is 11.8 Å². The normalized spacial score (nSPS) is 10.3. The van der Waals surface area contributed by atoms with Gasteiger partial charge in [0, 0.05) is 16.8 Å². The topological polar surface area (TPSA) is 70.6 Å². The number of carbonyl (C=O) groups excluding carboxylic acids is 2. The molecule has 0 atom stereocenters. The highest BCUT2D eigenvalue weighted by Gasteiger charge is 2.08. The van der Waals surface area contributed by atoms with E-state index in [0.717, 1.165) is 9.75 Å². The zero-order valence-corrected chi connectivity index (χ0v) is 9.22. The first-order valence-electron chi connectivity index (χ1n) is 4.25. The summed E-state index contributed by atoms with van der Waals surface area (Å²) < 4.78 is 0. The third-order valence-corrected chi connectivity index (χ3v) is 2.49.